The first-order valence-corrected chi connectivity index (χ1v) is 11.7. The van der Waals surface area contributed by atoms with Gasteiger partial charge in [-0.15, -0.1) is 0 Å². The van der Waals surface area contributed by atoms with Crippen LogP contribution in [0.15, 0.2) is 54.6 Å². The normalized spacial score (nSPS) is 14.8. The lowest BCUT2D eigenvalue weighted by Gasteiger charge is -2.28. The molecular formula is C28H34N2O3. The van der Waals surface area contributed by atoms with Gasteiger partial charge >= 0.3 is 0 Å². The molecule has 0 N–H and O–H groups in total. The number of carbonyl (C=O) groups excluding carboxylic acids is 1. The molecule has 0 aromatic heterocycles. The summed E-state index contributed by atoms with van der Waals surface area (Å²) in [5, 5.41) is 2.59. The molecule has 0 aliphatic carbocycles. The van der Waals surface area contributed by atoms with E-state index in [1.165, 1.54) is 21.9 Å². The molecule has 1 amide bonds. The summed E-state index contributed by atoms with van der Waals surface area (Å²) in [6.45, 7) is 4.70. The minimum absolute atomic E-state index is 0.186. The van der Waals surface area contributed by atoms with E-state index in [1.807, 2.05) is 17.0 Å². The highest BCUT2D eigenvalue weighted by molar-refractivity contribution is 5.86. The summed E-state index contributed by atoms with van der Waals surface area (Å²) in [7, 11) is 5.45. The summed E-state index contributed by atoms with van der Waals surface area (Å²) in [5.41, 5.74) is 3.56. The molecule has 0 radical (unpaired) electrons. The summed E-state index contributed by atoms with van der Waals surface area (Å²) in [4.78, 5) is 17.3. The van der Waals surface area contributed by atoms with E-state index < -0.39 is 0 Å². The molecule has 1 aliphatic heterocycles. The second kappa shape index (κ2) is 10.3. The zero-order valence-electron chi connectivity index (χ0n) is 20.1. The molecule has 4 rings (SSSR count). The number of benzene rings is 3. The van der Waals surface area contributed by atoms with Gasteiger partial charge in [-0.3, -0.25) is 9.69 Å². The molecule has 1 aliphatic rings. The molecule has 174 valence electrons. The number of carbonyl (C=O) groups is 1. The third-order valence-corrected chi connectivity index (χ3v) is 6.92. The molecule has 1 heterocycles. The molecule has 1 atom stereocenters. The molecule has 5 heteroatoms. The van der Waals surface area contributed by atoms with Gasteiger partial charge in [-0.05, 0) is 66.4 Å². The molecule has 3 aromatic carbocycles. The van der Waals surface area contributed by atoms with Crippen LogP contribution in [0.1, 0.15) is 36.1 Å². The van der Waals surface area contributed by atoms with Gasteiger partial charge in [0.2, 0.25) is 5.91 Å². The van der Waals surface area contributed by atoms with Gasteiger partial charge in [-0.25, -0.2) is 0 Å². The van der Waals surface area contributed by atoms with Gasteiger partial charge in [-0.2, -0.15) is 0 Å². The van der Waals surface area contributed by atoms with Crippen LogP contribution >= 0.6 is 0 Å². The molecule has 0 saturated carbocycles. The highest BCUT2D eigenvalue weighted by Gasteiger charge is 2.23. The van der Waals surface area contributed by atoms with Crippen LogP contribution in [-0.2, 0) is 17.6 Å². The second-order valence-corrected chi connectivity index (χ2v) is 8.86. The van der Waals surface area contributed by atoms with E-state index >= 15 is 0 Å². The van der Waals surface area contributed by atoms with E-state index in [0.717, 1.165) is 43.8 Å². The monoisotopic (exact) mass is 446 g/mol. The molecule has 33 heavy (non-hydrogen) atoms. The van der Waals surface area contributed by atoms with Crippen molar-refractivity contribution in [3.8, 4) is 11.5 Å². The van der Waals surface area contributed by atoms with Crippen molar-refractivity contribution < 1.29 is 14.3 Å². The summed E-state index contributed by atoms with van der Waals surface area (Å²) in [5.74, 6) is 1.59. The Morgan fingerprint density at radius 2 is 1.70 bits per heavy atom. The Hall–Kier alpha value is -3.05. The Labute approximate surface area is 196 Å². The van der Waals surface area contributed by atoms with Crippen LogP contribution in [0.2, 0.25) is 0 Å². The second-order valence-electron chi connectivity index (χ2n) is 8.86. The highest BCUT2D eigenvalue weighted by Crippen LogP contribution is 2.32. The van der Waals surface area contributed by atoms with Crippen molar-refractivity contribution in [3.05, 3.63) is 71.3 Å². The third kappa shape index (κ3) is 4.98. The van der Waals surface area contributed by atoms with E-state index in [0.29, 0.717) is 18.2 Å². The number of amides is 1. The summed E-state index contributed by atoms with van der Waals surface area (Å²) >= 11 is 0. The molecule has 0 bridgehead atoms. The van der Waals surface area contributed by atoms with E-state index in [-0.39, 0.29) is 5.91 Å². The van der Waals surface area contributed by atoms with Crippen LogP contribution in [0.3, 0.4) is 0 Å². The Morgan fingerprint density at radius 1 is 1.00 bits per heavy atom. The van der Waals surface area contributed by atoms with Gasteiger partial charge < -0.3 is 14.4 Å². The number of hydrogen-bond donors (Lipinski definition) is 0. The van der Waals surface area contributed by atoms with Gasteiger partial charge in [-0.1, -0.05) is 42.5 Å². The van der Waals surface area contributed by atoms with E-state index in [9.17, 15) is 4.79 Å². The molecular weight excluding hydrogens is 412 g/mol. The van der Waals surface area contributed by atoms with Crippen LogP contribution in [0.4, 0.5) is 0 Å². The standard InChI is InChI=1S/C28H34N2O3/c1-20(24-12-7-10-21-9-5-6-11-25(21)24)29(2)14-8-15-30-16-13-22-17-26(32-3)27(33-4)18-23(22)19-28(30)31/h5-7,9-12,17-18,20H,8,13-16,19H2,1-4H3. The van der Waals surface area contributed by atoms with Gasteiger partial charge in [0.15, 0.2) is 11.5 Å². The number of rotatable bonds is 8. The summed E-state index contributed by atoms with van der Waals surface area (Å²) in [6.07, 6.45) is 2.20. The number of hydrogen-bond acceptors (Lipinski definition) is 4. The van der Waals surface area contributed by atoms with Crippen molar-refractivity contribution >= 4 is 16.7 Å². The first-order valence-electron chi connectivity index (χ1n) is 11.7. The zero-order valence-corrected chi connectivity index (χ0v) is 20.1. The van der Waals surface area contributed by atoms with Crippen LogP contribution in [0.5, 0.6) is 11.5 Å². The maximum Gasteiger partial charge on any atom is 0.227 e. The summed E-state index contributed by atoms with van der Waals surface area (Å²) < 4.78 is 10.9. The predicted molar refractivity (Wildman–Crippen MR) is 133 cm³/mol. The molecule has 0 saturated heterocycles. The Bertz CT molecular complexity index is 1120. The molecule has 0 spiro atoms. The van der Waals surface area contributed by atoms with Crippen molar-refractivity contribution in [1.29, 1.82) is 0 Å². The third-order valence-electron chi connectivity index (χ3n) is 6.92. The van der Waals surface area contributed by atoms with Gasteiger partial charge in [0.25, 0.3) is 0 Å². The molecule has 0 fully saturated rings. The molecule has 3 aromatic rings. The van der Waals surface area contributed by atoms with Gasteiger partial charge in [0.05, 0.1) is 20.6 Å². The number of fused-ring (bicyclic) bond motifs is 2. The predicted octanol–water partition coefficient (Wildman–Crippen LogP) is 4.87. The number of nitrogens with zero attached hydrogens (tertiary/aromatic N) is 2. The lowest BCUT2D eigenvalue weighted by atomic mass is 9.99. The van der Waals surface area contributed by atoms with Crippen LogP contribution in [-0.4, -0.2) is 56.6 Å². The van der Waals surface area contributed by atoms with E-state index in [2.05, 4.69) is 61.3 Å². The SMILES string of the molecule is COc1cc2c(cc1OC)CC(=O)N(CCCN(C)C(C)c1cccc3ccccc13)CC2. The van der Waals surface area contributed by atoms with Crippen LogP contribution < -0.4 is 9.47 Å². The highest BCUT2D eigenvalue weighted by atomic mass is 16.5. The van der Waals surface area contributed by atoms with Gasteiger partial charge in [0, 0.05) is 25.7 Å². The van der Waals surface area contributed by atoms with Crippen molar-refractivity contribution in [2.45, 2.75) is 32.2 Å². The summed E-state index contributed by atoms with van der Waals surface area (Å²) in [6, 6.07) is 19.4. The maximum atomic E-state index is 12.9. The fourth-order valence-corrected chi connectivity index (χ4v) is 4.81. The van der Waals surface area contributed by atoms with Crippen molar-refractivity contribution in [3.63, 3.8) is 0 Å². The fraction of sp³-hybridized carbons (Fsp3) is 0.393. The van der Waals surface area contributed by atoms with Crippen LogP contribution in [0.25, 0.3) is 10.8 Å². The van der Waals surface area contributed by atoms with Crippen LogP contribution in [0, 0.1) is 0 Å². The van der Waals surface area contributed by atoms with Crippen molar-refractivity contribution in [2.75, 3.05) is 40.9 Å². The quantitative estimate of drug-likeness (QED) is 0.495. The Morgan fingerprint density at radius 3 is 2.45 bits per heavy atom. The van der Waals surface area contributed by atoms with Crippen molar-refractivity contribution in [1.82, 2.24) is 9.80 Å². The minimum Gasteiger partial charge on any atom is -0.493 e. The minimum atomic E-state index is 0.186. The molecule has 1 unspecified atom stereocenters. The van der Waals surface area contributed by atoms with E-state index in [4.69, 9.17) is 9.47 Å². The largest absolute Gasteiger partial charge is 0.493 e. The average molecular weight is 447 g/mol. The lowest BCUT2D eigenvalue weighted by molar-refractivity contribution is -0.130. The number of ether oxygens (including phenoxy) is 2. The smallest absolute Gasteiger partial charge is 0.227 e. The first kappa shape index (κ1) is 23.1. The average Bonchev–Trinajstić information content (AvgIpc) is 2.99. The first-order chi connectivity index (χ1) is 16.0. The van der Waals surface area contributed by atoms with Crippen molar-refractivity contribution in [2.24, 2.45) is 0 Å². The van der Waals surface area contributed by atoms with E-state index in [1.54, 1.807) is 14.2 Å². The maximum absolute atomic E-state index is 12.9. The zero-order chi connectivity index (χ0) is 23.4. The van der Waals surface area contributed by atoms with Gasteiger partial charge in [0.1, 0.15) is 0 Å². The molecule has 5 nitrogen and oxygen atoms in total. The lowest BCUT2D eigenvalue weighted by Crippen LogP contribution is -2.35. The fourth-order valence-electron chi connectivity index (χ4n) is 4.81. The Kier molecular flexibility index (Phi) is 7.19. The Balaban J connectivity index is 1.37. The topological polar surface area (TPSA) is 42.0 Å². The number of methoxy groups -OCH3 is 2.